The number of anilines is 1. The first-order chi connectivity index (χ1) is 17.4. The van der Waals surface area contributed by atoms with Crippen molar-refractivity contribution >= 4 is 23.3 Å². The number of esters is 1. The highest BCUT2D eigenvalue weighted by atomic mass is 19.4. The molecule has 3 aromatic rings. The van der Waals surface area contributed by atoms with E-state index in [0.29, 0.717) is 23.3 Å². The average molecular weight is 523 g/mol. The van der Waals surface area contributed by atoms with E-state index >= 15 is 0 Å². The Morgan fingerprint density at radius 1 is 1.14 bits per heavy atom. The molecule has 1 heterocycles. The van der Waals surface area contributed by atoms with Crippen LogP contribution in [-0.2, 0) is 22.3 Å². The van der Waals surface area contributed by atoms with Gasteiger partial charge in [-0.3, -0.25) is 14.9 Å². The Kier molecular flexibility index (Phi) is 8.00. The number of alkyl halides is 3. The number of non-ortho nitro benzene ring substituents is 1. The van der Waals surface area contributed by atoms with Gasteiger partial charge >= 0.3 is 12.1 Å². The number of halogens is 3. The molecule has 0 saturated carbocycles. The molecular formula is C23H20F3N3O8. The summed E-state index contributed by atoms with van der Waals surface area (Å²) in [6.07, 6.45) is -4.98. The monoisotopic (exact) mass is 523 g/mol. The van der Waals surface area contributed by atoms with Crippen molar-refractivity contribution in [3.8, 4) is 11.5 Å². The number of benzene rings is 2. The van der Waals surface area contributed by atoms with Crippen LogP contribution in [0.2, 0.25) is 0 Å². The first-order valence-corrected chi connectivity index (χ1v) is 10.5. The molecule has 0 atom stereocenters. The van der Waals surface area contributed by atoms with Crippen LogP contribution in [-0.4, -0.2) is 35.7 Å². The van der Waals surface area contributed by atoms with Crippen LogP contribution >= 0.6 is 0 Å². The lowest BCUT2D eigenvalue weighted by Crippen LogP contribution is -2.23. The van der Waals surface area contributed by atoms with Crippen LogP contribution in [0.4, 0.5) is 24.5 Å². The summed E-state index contributed by atoms with van der Waals surface area (Å²) in [6.45, 7) is 2.70. The number of ether oxygens (including phenoxy) is 3. The number of nitro groups is 1. The predicted molar refractivity (Wildman–Crippen MR) is 120 cm³/mol. The molecule has 0 fully saturated rings. The third-order valence-corrected chi connectivity index (χ3v) is 5.08. The number of carbonyl (C=O) groups excluding carboxylic acids is 2. The maximum atomic E-state index is 13.3. The molecule has 37 heavy (non-hydrogen) atoms. The normalized spacial score (nSPS) is 11.1. The number of methoxy groups -OCH3 is 1. The third-order valence-electron chi connectivity index (χ3n) is 5.08. The molecule has 0 unspecified atom stereocenters. The van der Waals surface area contributed by atoms with E-state index in [4.69, 9.17) is 18.7 Å². The highest BCUT2D eigenvalue weighted by molar-refractivity contribution is 5.96. The summed E-state index contributed by atoms with van der Waals surface area (Å²) in [5.41, 5.74) is -1.55. The van der Waals surface area contributed by atoms with Crippen molar-refractivity contribution in [2.45, 2.75) is 26.6 Å². The molecule has 0 spiro atoms. The molecule has 0 aliphatic carbocycles. The fraction of sp³-hybridized carbons (Fsp3) is 0.261. The number of aryl methyl sites for hydroxylation is 2. The lowest BCUT2D eigenvalue weighted by atomic mass is 10.1. The van der Waals surface area contributed by atoms with Crippen molar-refractivity contribution in [2.75, 3.05) is 19.0 Å². The molecule has 11 nitrogen and oxygen atoms in total. The van der Waals surface area contributed by atoms with E-state index in [0.717, 1.165) is 17.7 Å². The molecule has 14 heteroatoms. The smallest absolute Gasteiger partial charge is 0.418 e. The Morgan fingerprint density at radius 2 is 1.86 bits per heavy atom. The van der Waals surface area contributed by atoms with Crippen LogP contribution in [0.25, 0.3) is 0 Å². The molecule has 0 saturated heterocycles. The Bertz CT molecular complexity index is 1320. The SMILES string of the molecule is COc1cc(C(=O)OCC(=O)Nc2ccc([N+](=O)[O-])cc2C(F)(F)F)ccc1OCc1c(C)noc1C. The zero-order chi connectivity index (χ0) is 27.3. The van der Waals surface area contributed by atoms with Crippen LogP contribution in [0.5, 0.6) is 11.5 Å². The van der Waals surface area contributed by atoms with Crippen LogP contribution < -0.4 is 14.8 Å². The van der Waals surface area contributed by atoms with Gasteiger partial charge in [0, 0.05) is 12.1 Å². The number of hydrogen-bond acceptors (Lipinski definition) is 9. The zero-order valence-corrected chi connectivity index (χ0v) is 19.7. The van der Waals surface area contributed by atoms with Gasteiger partial charge in [0.1, 0.15) is 12.4 Å². The summed E-state index contributed by atoms with van der Waals surface area (Å²) in [4.78, 5) is 34.3. The molecule has 0 aliphatic rings. The van der Waals surface area contributed by atoms with Crippen molar-refractivity contribution in [2.24, 2.45) is 0 Å². The Balaban J connectivity index is 1.64. The minimum atomic E-state index is -4.98. The highest BCUT2D eigenvalue weighted by Crippen LogP contribution is 2.37. The van der Waals surface area contributed by atoms with Gasteiger partial charge in [-0.1, -0.05) is 5.16 Å². The van der Waals surface area contributed by atoms with E-state index in [-0.39, 0.29) is 17.9 Å². The quantitative estimate of drug-likeness (QED) is 0.242. The molecule has 1 amide bonds. The van der Waals surface area contributed by atoms with Gasteiger partial charge in [0.2, 0.25) is 0 Å². The van der Waals surface area contributed by atoms with E-state index < -0.39 is 46.5 Å². The van der Waals surface area contributed by atoms with Gasteiger partial charge in [-0.25, -0.2) is 4.79 Å². The number of rotatable bonds is 9. The molecule has 0 radical (unpaired) electrons. The Labute approximate surface area is 207 Å². The topological polar surface area (TPSA) is 143 Å². The molecule has 1 N–H and O–H groups in total. The molecule has 196 valence electrons. The van der Waals surface area contributed by atoms with E-state index in [1.165, 1.54) is 25.3 Å². The van der Waals surface area contributed by atoms with Crippen molar-refractivity contribution in [1.82, 2.24) is 5.16 Å². The fourth-order valence-corrected chi connectivity index (χ4v) is 3.16. The summed E-state index contributed by atoms with van der Waals surface area (Å²) in [5, 5.41) is 16.6. The van der Waals surface area contributed by atoms with Crippen LogP contribution in [0.1, 0.15) is 32.9 Å². The first kappa shape index (κ1) is 27.0. The van der Waals surface area contributed by atoms with Crippen LogP contribution in [0.15, 0.2) is 40.9 Å². The second-order valence-electron chi connectivity index (χ2n) is 7.57. The molecular weight excluding hydrogens is 503 g/mol. The van der Waals surface area contributed by atoms with Gasteiger partial charge < -0.3 is 24.1 Å². The van der Waals surface area contributed by atoms with Gasteiger partial charge in [-0.2, -0.15) is 13.2 Å². The average Bonchev–Trinajstić information content (AvgIpc) is 3.17. The summed E-state index contributed by atoms with van der Waals surface area (Å²) in [6, 6.07) is 5.94. The van der Waals surface area contributed by atoms with Crippen LogP contribution in [0.3, 0.4) is 0 Å². The van der Waals surface area contributed by atoms with Crippen molar-refractivity contribution < 1.29 is 46.4 Å². The number of hydrogen-bond donors (Lipinski definition) is 1. The zero-order valence-electron chi connectivity index (χ0n) is 19.7. The van der Waals surface area contributed by atoms with Gasteiger partial charge in [0.25, 0.3) is 11.6 Å². The van der Waals surface area contributed by atoms with Crippen LogP contribution in [0, 0.1) is 24.0 Å². The number of carbonyl (C=O) groups is 2. The minimum absolute atomic E-state index is 0.0133. The summed E-state index contributed by atoms with van der Waals surface area (Å²) in [5.74, 6) is -0.962. The number of nitrogens with one attached hydrogen (secondary N) is 1. The second kappa shape index (κ2) is 11.0. The standard InChI is InChI=1S/C23H20F3N3O8/c1-12-16(13(2)37-28-12)10-35-19-7-4-14(8-20(19)34-3)22(31)36-11-21(30)27-18-6-5-15(29(32)33)9-17(18)23(24,25)26/h4-9H,10-11H2,1-3H3,(H,27,30). The van der Waals surface area contributed by atoms with Crippen molar-refractivity contribution in [1.29, 1.82) is 0 Å². The molecule has 0 aliphatic heterocycles. The molecule has 2 aromatic carbocycles. The number of aromatic nitrogens is 1. The Hall–Kier alpha value is -4.62. The molecule has 0 bridgehead atoms. The second-order valence-corrected chi connectivity index (χ2v) is 7.57. The van der Waals surface area contributed by atoms with Gasteiger partial charge in [0.05, 0.1) is 40.1 Å². The summed E-state index contributed by atoms with van der Waals surface area (Å²) in [7, 11) is 1.35. The van der Waals surface area contributed by atoms with E-state index in [1.807, 2.05) is 5.32 Å². The number of amides is 1. The van der Waals surface area contributed by atoms with Crippen molar-refractivity contribution in [3.05, 3.63) is 74.7 Å². The molecule has 1 aromatic heterocycles. The maximum Gasteiger partial charge on any atom is 0.418 e. The number of nitro benzene ring substituents is 1. The van der Waals surface area contributed by atoms with Crippen molar-refractivity contribution in [3.63, 3.8) is 0 Å². The van der Waals surface area contributed by atoms with E-state index in [9.17, 15) is 32.9 Å². The van der Waals surface area contributed by atoms with Gasteiger partial charge in [0.15, 0.2) is 18.1 Å². The predicted octanol–water partition coefficient (Wildman–Crippen LogP) is 4.60. The van der Waals surface area contributed by atoms with Gasteiger partial charge in [-0.15, -0.1) is 0 Å². The fourth-order valence-electron chi connectivity index (χ4n) is 3.16. The van der Waals surface area contributed by atoms with E-state index in [2.05, 4.69) is 5.16 Å². The Morgan fingerprint density at radius 3 is 2.46 bits per heavy atom. The summed E-state index contributed by atoms with van der Waals surface area (Å²) >= 11 is 0. The lowest BCUT2D eigenvalue weighted by Gasteiger charge is -2.14. The lowest BCUT2D eigenvalue weighted by molar-refractivity contribution is -0.385. The largest absolute Gasteiger partial charge is 0.493 e. The maximum absolute atomic E-state index is 13.3. The third kappa shape index (κ3) is 6.54. The highest BCUT2D eigenvalue weighted by Gasteiger charge is 2.35. The first-order valence-electron chi connectivity index (χ1n) is 10.5. The minimum Gasteiger partial charge on any atom is -0.493 e. The summed E-state index contributed by atoms with van der Waals surface area (Å²) < 4.78 is 60.7. The number of nitrogens with zero attached hydrogens (tertiary/aromatic N) is 2. The van der Waals surface area contributed by atoms with Gasteiger partial charge in [-0.05, 0) is 38.1 Å². The molecule has 3 rings (SSSR count). The van der Waals surface area contributed by atoms with E-state index in [1.54, 1.807) is 13.8 Å².